The van der Waals surface area contributed by atoms with Crippen LogP contribution < -0.4 is 0 Å². The first-order valence-electron chi connectivity index (χ1n) is 8.63. The Morgan fingerprint density at radius 2 is 2.04 bits per heavy atom. The van der Waals surface area contributed by atoms with Gasteiger partial charge in [0.1, 0.15) is 0 Å². The van der Waals surface area contributed by atoms with E-state index in [4.69, 9.17) is 11.6 Å². The largest absolute Gasteiger partial charge is 0.334 e. The summed E-state index contributed by atoms with van der Waals surface area (Å²) in [5.74, 6) is 0.256. The van der Waals surface area contributed by atoms with Crippen LogP contribution >= 0.6 is 11.6 Å². The second-order valence-electron chi connectivity index (χ2n) is 6.62. The summed E-state index contributed by atoms with van der Waals surface area (Å²) >= 11 is 6.12. The highest BCUT2D eigenvalue weighted by molar-refractivity contribution is 6.32. The van der Waals surface area contributed by atoms with Crippen LogP contribution in [-0.2, 0) is 4.79 Å². The van der Waals surface area contributed by atoms with Gasteiger partial charge in [-0.25, -0.2) is 0 Å². The zero-order valence-corrected chi connectivity index (χ0v) is 15.0. The Morgan fingerprint density at radius 3 is 2.64 bits per heavy atom. The molecular weight excluding hydrogens is 342 g/mol. The first kappa shape index (κ1) is 17.9. The molecule has 2 fully saturated rings. The number of amides is 1. The van der Waals surface area contributed by atoms with Crippen molar-refractivity contribution in [2.45, 2.75) is 38.3 Å². The molecule has 1 aromatic carbocycles. The minimum absolute atomic E-state index is 0.0359. The molecule has 0 spiro atoms. The van der Waals surface area contributed by atoms with E-state index in [1.165, 1.54) is 12.1 Å². The predicted octanol–water partition coefficient (Wildman–Crippen LogP) is 3.35. The van der Waals surface area contributed by atoms with Gasteiger partial charge in [-0.15, -0.1) is 0 Å². The number of nitro groups is 1. The van der Waals surface area contributed by atoms with Gasteiger partial charge >= 0.3 is 0 Å². The molecule has 2 saturated heterocycles. The number of rotatable bonds is 5. The summed E-state index contributed by atoms with van der Waals surface area (Å²) in [6.07, 6.45) is 6.54. The van der Waals surface area contributed by atoms with Crippen molar-refractivity contribution in [3.63, 3.8) is 0 Å². The molecule has 6 nitrogen and oxygen atoms in total. The lowest BCUT2D eigenvalue weighted by Gasteiger charge is -2.40. The Morgan fingerprint density at radius 1 is 1.36 bits per heavy atom. The summed E-state index contributed by atoms with van der Waals surface area (Å²) in [5.41, 5.74) is 0.687. The quantitative estimate of drug-likeness (QED) is 0.594. The monoisotopic (exact) mass is 363 g/mol. The van der Waals surface area contributed by atoms with E-state index in [9.17, 15) is 14.9 Å². The standard InChI is InChI=1S/C18H22ClN3O3/c1-2-18(23)21-15-5-6-16(21)12-20(11-15)9-3-4-13-10-14(22(24)25)7-8-17(13)19/h3-4,7-8,10,15-16H,2,5-6,9,11-12H2,1H3/b4-3+. The lowest BCUT2D eigenvalue weighted by Crippen LogP contribution is -2.55. The fraction of sp³-hybridized carbons (Fsp3) is 0.500. The zero-order chi connectivity index (χ0) is 18.0. The van der Waals surface area contributed by atoms with Gasteiger partial charge in [0.25, 0.3) is 5.69 Å². The first-order valence-corrected chi connectivity index (χ1v) is 9.01. The minimum atomic E-state index is -0.421. The van der Waals surface area contributed by atoms with Gasteiger partial charge in [-0.2, -0.15) is 0 Å². The maximum Gasteiger partial charge on any atom is 0.270 e. The highest BCUT2D eigenvalue weighted by Crippen LogP contribution is 2.30. The Labute approximate surface area is 152 Å². The van der Waals surface area contributed by atoms with Crippen LogP contribution in [0.4, 0.5) is 5.69 Å². The number of piperazine rings is 1. The molecule has 0 radical (unpaired) electrons. The molecule has 7 heteroatoms. The van der Waals surface area contributed by atoms with Crippen LogP contribution in [0.3, 0.4) is 0 Å². The summed E-state index contributed by atoms with van der Waals surface area (Å²) in [4.78, 5) is 27.0. The summed E-state index contributed by atoms with van der Waals surface area (Å²) in [6.45, 7) is 4.43. The van der Waals surface area contributed by atoms with Crippen LogP contribution in [0.5, 0.6) is 0 Å². The van der Waals surface area contributed by atoms with Crippen LogP contribution in [0, 0.1) is 10.1 Å². The SMILES string of the molecule is CCC(=O)N1C2CCC1CN(C/C=C/c1cc([N+](=O)[O-])ccc1Cl)C2. The molecule has 2 aliphatic heterocycles. The Kier molecular flexibility index (Phi) is 5.39. The van der Waals surface area contributed by atoms with Crippen molar-refractivity contribution in [1.29, 1.82) is 0 Å². The molecule has 2 atom stereocenters. The Balaban J connectivity index is 1.62. The molecule has 0 aromatic heterocycles. The maximum atomic E-state index is 12.1. The number of benzene rings is 1. The highest BCUT2D eigenvalue weighted by atomic mass is 35.5. The van der Waals surface area contributed by atoms with Crippen molar-refractivity contribution in [2.24, 2.45) is 0 Å². The maximum absolute atomic E-state index is 12.1. The van der Waals surface area contributed by atoms with Crippen LogP contribution in [0.25, 0.3) is 6.08 Å². The number of nitro benzene ring substituents is 1. The van der Waals surface area contributed by atoms with Gasteiger partial charge in [-0.1, -0.05) is 30.7 Å². The second kappa shape index (κ2) is 7.54. The molecule has 2 heterocycles. The molecule has 1 amide bonds. The van der Waals surface area contributed by atoms with Gasteiger partial charge in [-0.05, 0) is 24.5 Å². The average Bonchev–Trinajstić information content (AvgIpc) is 2.86. The van der Waals surface area contributed by atoms with E-state index >= 15 is 0 Å². The van der Waals surface area contributed by atoms with Crippen molar-refractivity contribution < 1.29 is 9.72 Å². The van der Waals surface area contributed by atoms with Gasteiger partial charge in [0.15, 0.2) is 0 Å². The minimum Gasteiger partial charge on any atom is -0.334 e. The molecule has 2 unspecified atom stereocenters. The molecule has 25 heavy (non-hydrogen) atoms. The summed E-state index contributed by atoms with van der Waals surface area (Å²) in [6, 6.07) is 5.08. The van der Waals surface area contributed by atoms with Crippen LogP contribution in [0.15, 0.2) is 24.3 Å². The number of likely N-dealkylation sites (tertiary alicyclic amines) is 1. The highest BCUT2D eigenvalue weighted by Gasteiger charge is 2.41. The Bertz CT molecular complexity index is 693. The average molecular weight is 364 g/mol. The number of nitrogens with zero attached hydrogens (tertiary/aromatic N) is 3. The fourth-order valence-electron chi connectivity index (χ4n) is 3.83. The van der Waals surface area contributed by atoms with Crippen LogP contribution in [-0.4, -0.2) is 52.3 Å². The van der Waals surface area contributed by atoms with E-state index in [1.807, 2.05) is 19.1 Å². The molecule has 0 saturated carbocycles. The number of halogens is 1. The molecule has 0 aliphatic carbocycles. The van der Waals surface area contributed by atoms with Crippen molar-refractivity contribution in [3.8, 4) is 0 Å². The van der Waals surface area contributed by atoms with Crippen LogP contribution in [0.1, 0.15) is 31.7 Å². The van der Waals surface area contributed by atoms with Gasteiger partial charge in [0.05, 0.1) is 4.92 Å². The van der Waals surface area contributed by atoms with E-state index < -0.39 is 4.92 Å². The number of fused-ring (bicyclic) bond motifs is 2. The number of non-ortho nitro benzene ring substituents is 1. The van der Waals surface area contributed by atoms with Crippen molar-refractivity contribution in [1.82, 2.24) is 9.80 Å². The molecule has 0 N–H and O–H groups in total. The molecule has 2 bridgehead atoms. The third kappa shape index (κ3) is 3.85. The van der Waals surface area contributed by atoms with Crippen molar-refractivity contribution in [2.75, 3.05) is 19.6 Å². The van der Waals surface area contributed by atoms with Crippen molar-refractivity contribution in [3.05, 3.63) is 45.0 Å². The normalized spacial score (nSPS) is 23.4. The lowest BCUT2D eigenvalue weighted by atomic mass is 10.1. The predicted molar refractivity (Wildman–Crippen MR) is 97.5 cm³/mol. The lowest BCUT2D eigenvalue weighted by molar-refractivity contribution is -0.384. The summed E-state index contributed by atoms with van der Waals surface area (Å²) in [5, 5.41) is 11.4. The van der Waals surface area contributed by atoms with Gasteiger partial charge in [0, 0.05) is 55.3 Å². The number of hydrogen-bond donors (Lipinski definition) is 0. The fourth-order valence-corrected chi connectivity index (χ4v) is 4.01. The van der Waals surface area contributed by atoms with Crippen molar-refractivity contribution >= 4 is 29.3 Å². The first-order chi connectivity index (χ1) is 12.0. The second-order valence-corrected chi connectivity index (χ2v) is 7.03. The van der Waals surface area contributed by atoms with Gasteiger partial charge in [-0.3, -0.25) is 19.8 Å². The number of hydrogen-bond acceptors (Lipinski definition) is 4. The van der Waals surface area contributed by atoms with E-state index in [-0.39, 0.29) is 11.6 Å². The molecule has 134 valence electrons. The van der Waals surface area contributed by atoms with E-state index in [1.54, 1.807) is 6.07 Å². The Hall–Kier alpha value is -1.92. The number of carbonyl (C=O) groups excluding carboxylic acids is 1. The van der Waals surface area contributed by atoms with E-state index in [2.05, 4.69) is 9.80 Å². The molecule has 2 aliphatic rings. The van der Waals surface area contributed by atoms with Gasteiger partial charge in [0.2, 0.25) is 5.91 Å². The summed E-state index contributed by atoms with van der Waals surface area (Å²) < 4.78 is 0. The van der Waals surface area contributed by atoms with E-state index in [0.29, 0.717) is 29.1 Å². The molecule has 1 aromatic rings. The molecule has 3 rings (SSSR count). The molecular formula is C18H22ClN3O3. The topological polar surface area (TPSA) is 66.7 Å². The third-order valence-electron chi connectivity index (χ3n) is 5.00. The zero-order valence-electron chi connectivity index (χ0n) is 14.2. The van der Waals surface area contributed by atoms with Crippen LogP contribution in [0.2, 0.25) is 5.02 Å². The summed E-state index contributed by atoms with van der Waals surface area (Å²) in [7, 11) is 0. The third-order valence-corrected chi connectivity index (χ3v) is 5.34. The smallest absolute Gasteiger partial charge is 0.270 e. The number of carbonyl (C=O) groups is 1. The van der Waals surface area contributed by atoms with Gasteiger partial charge < -0.3 is 4.90 Å². The van der Waals surface area contributed by atoms with E-state index in [0.717, 1.165) is 32.5 Å².